The number of rotatable bonds is 4. The Hall–Kier alpha value is -2.18. The van der Waals surface area contributed by atoms with Crippen molar-refractivity contribution >= 4 is 12.2 Å². The Bertz CT molecular complexity index is 1400. The van der Waals surface area contributed by atoms with Crippen LogP contribution in [-0.4, -0.2) is 0 Å². The van der Waals surface area contributed by atoms with Crippen LogP contribution in [0.2, 0.25) is 8.26 Å². The summed E-state index contributed by atoms with van der Waals surface area (Å²) in [7, 11) is 0. The van der Waals surface area contributed by atoms with Gasteiger partial charge in [0.05, 0.1) is 0 Å². The van der Waals surface area contributed by atoms with Crippen molar-refractivity contribution in [1.82, 2.24) is 0 Å². The molecule has 184 valence electrons. The molecule has 0 amide bonds. The third kappa shape index (κ3) is 4.15. The molecule has 0 spiro atoms. The fourth-order valence-corrected chi connectivity index (χ4v) is 21.7. The average molecular weight is 601 g/mol. The Kier molecular flexibility index (Phi) is 7.27. The number of hydrogen-bond acceptors (Lipinski definition) is 0. The molecule has 1 saturated heterocycles. The van der Waals surface area contributed by atoms with Gasteiger partial charge in [0.15, 0.2) is 0 Å². The zero-order valence-corrected chi connectivity index (χ0v) is 25.2. The third-order valence-electron chi connectivity index (χ3n) is 8.77. The van der Waals surface area contributed by atoms with Crippen LogP contribution < -0.4 is 24.8 Å². The number of fused-ring (bicyclic) bond motifs is 2. The van der Waals surface area contributed by atoms with Gasteiger partial charge in [-0.15, -0.1) is 0 Å². The molecule has 37 heavy (non-hydrogen) atoms. The molecule has 0 radical (unpaired) electrons. The molecular weight excluding hydrogens is 571 g/mol. The molecule has 1 heterocycles. The predicted molar refractivity (Wildman–Crippen MR) is 146 cm³/mol. The monoisotopic (exact) mass is 598 g/mol. The molecule has 7 rings (SSSR count). The van der Waals surface area contributed by atoms with Crippen molar-refractivity contribution in [2.45, 2.75) is 33.9 Å². The number of halogens is 2. The van der Waals surface area contributed by atoms with Crippen LogP contribution in [0.3, 0.4) is 0 Å². The van der Waals surface area contributed by atoms with Gasteiger partial charge < -0.3 is 24.8 Å². The maximum atomic E-state index is 2.65. The molecule has 0 saturated carbocycles. The fourth-order valence-electron chi connectivity index (χ4n) is 6.85. The topological polar surface area (TPSA) is 0 Å². The first-order valence-corrected chi connectivity index (χ1v) is 18.9. The Balaban J connectivity index is 0.00000140. The van der Waals surface area contributed by atoms with Crippen molar-refractivity contribution < 1.29 is 45.1 Å². The molecule has 1 aliphatic heterocycles. The Morgan fingerprint density at radius 1 is 0.514 bits per heavy atom. The van der Waals surface area contributed by atoms with Gasteiger partial charge in [-0.05, 0) is 0 Å². The number of hydrogen-bond donors (Lipinski definition) is 0. The molecule has 4 aromatic rings. The van der Waals surface area contributed by atoms with Crippen LogP contribution in [0.4, 0.5) is 0 Å². The van der Waals surface area contributed by atoms with E-state index in [2.05, 4.69) is 123 Å². The minimum atomic E-state index is -2.58. The molecule has 0 unspecified atom stereocenters. The standard InChI is InChI=1S/2C16H13.C2H4.2ClH.Zr/c2*1-12-10-11-16-14(12)8-5-9-15(16)13-6-3-2-4-7-13;1-2;;;/h2*2-9,11-12H,1H3;1-2H2;2*1H;/q;;;;;+2/p-2/t2*12-;;;;/m10..../s1. The van der Waals surface area contributed by atoms with E-state index in [-0.39, 0.29) is 24.8 Å². The average Bonchev–Trinajstić information content (AvgIpc) is 3.54. The van der Waals surface area contributed by atoms with Crippen LogP contribution in [-0.2, 0) is 20.3 Å². The summed E-state index contributed by atoms with van der Waals surface area (Å²) in [5.41, 5.74) is 11.5. The van der Waals surface area contributed by atoms with Gasteiger partial charge in [0.2, 0.25) is 0 Å². The van der Waals surface area contributed by atoms with Gasteiger partial charge in [0.1, 0.15) is 0 Å². The van der Waals surface area contributed by atoms with Crippen LogP contribution in [0.1, 0.15) is 47.9 Å². The smallest absolute Gasteiger partial charge is 1.00 e. The summed E-state index contributed by atoms with van der Waals surface area (Å²) in [5.74, 6) is 1.11. The quantitative estimate of drug-likeness (QED) is 0.336. The van der Waals surface area contributed by atoms with Crippen LogP contribution in [0.25, 0.3) is 34.4 Å². The van der Waals surface area contributed by atoms with Crippen molar-refractivity contribution in [3.8, 4) is 22.3 Å². The molecule has 1 fully saturated rings. The molecule has 2 aliphatic carbocycles. The molecule has 3 aliphatic rings. The van der Waals surface area contributed by atoms with Crippen LogP contribution in [0.15, 0.2) is 104 Å². The van der Waals surface area contributed by atoms with Crippen molar-refractivity contribution in [1.29, 1.82) is 0 Å². The SMILES string of the molecule is C[C@@H]1[C]([Zr+2]2([C]3=Cc4c(-c5ccccc5)cccc4[C@H]3C)[CH2][CH2]2)=Cc2c(-c3ccccc3)cccc21.[Cl-].[Cl-]. The zero-order valence-electron chi connectivity index (χ0n) is 21.2. The summed E-state index contributed by atoms with van der Waals surface area (Å²) in [6.07, 6.45) is 5.31. The first-order chi connectivity index (χ1) is 17.2. The summed E-state index contributed by atoms with van der Waals surface area (Å²) >= 11 is -2.58. The van der Waals surface area contributed by atoms with Crippen LogP contribution in [0.5, 0.6) is 0 Å². The van der Waals surface area contributed by atoms with Crippen molar-refractivity contribution in [3.05, 3.63) is 126 Å². The van der Waals surface area contributed by atoms with Gasteiger partial charge in [0.25, 0.3) is 0 Å². The molecule has 3 heteroatoms. The number of allylic oxidation sites excluding steroid dienone is 2. The molecule has 0 N–H and O–H groups in total. The molecule has 0 nitrogen and oxygen atoms in total. The second-order valence-electron chi connectivity index (χ2n) is 10.6. The second kappa shape index (κ2) is 10.2. The normalized spacial score (nSPS) is 19.2. The predicted octanol–water partition coefficient (Wildman–Crippen LogP) is 3.65. The van der Waals surface area contributed by atoms with Crippen molar-refractivity contribution in [2.75, 3.05) is 0 Å². The fraction of sp³-hybridized carbons (Fsp3) is 0.176. The largest absolute Gasteiger partial charge is 1.00 e. The maximum absolute atomic E-state index is 2.65. The second-order valence-corrected chi connectivity index (χ2v) is 21.2. The first-order valence-electron chi connectivity index (χ1n) is 13.0. The zero-order chi connectivity index (χ0) is 23.6. The van der Waals surface area contributed by atoms with E-state index in [0.717, 1.165) is 0 Å². The van der Waals surface area contributed by atoms with E-state index in [4.69, 9.17) is 0 Å². The van der Waals surface area contributed by atoms with E-state index in [1.54, 1.807) is 0 Å². The van der Waals surface area contributed by atoms with Crippen LogP contribution >= 0.6 is 0 Å². The van der Waals surface area contributed by atoms with Crippen LogP contribution in [0, 0.1) is 0 Å². The summed E-state index contributed by atoms with van der Waals surface area (Å²) in [6, 6.07) is 35.8. The molecular formula is C34H30Cl2Zr. The minimum Gasteiger partial charge on any atom is -1.00 e. The Morgan fingerprint density at radius 3 is 1.30 bits per heavy atom. The Labute approximate surface area is 237 Å². The summed E-state index contributed by atoms with van der Waals surface area (Å²) in [4.78, 5) is 0. The summed E-state index contributed by atoms with van der Waals surface area (Å²) in [5, 5.41) is 0. The van der Waals surface area contributed by atoms with Crippen molar-refractivity contribution in [2.24, 2.45) is 0 Å². The summed E-state index contributed by atoms with van der Waals surface area (Å²) < 4.78 is 6.63. The maximum Gasteiger partial charge on any atom is -1.00 e. The van der Waals surface area contributed by atoms with Crippen molar-refractivity contribution in [3.63, 3.8) is 0 Å². The van der Waals surface area contributed by atoms with Gasteiger partial charge in [-0.1, -0.05) is 0 Å². The third-order valence-corrected chi connectivity index (χ3v) is 20.7. The molecule has 0 bridgehead atoms. The molecule has 2 atom stereocenters. The van der Waals surface area contributed by atoms with Gasteiger partial charge in [-0.3, -0.25) is 0 Å². The van der Waals surface area contributed by atoms with E-state index in [9.17, 15) is 0 Å². The van der Waals surface area contributed by atoms with E-state index in [1.807, 2.05) is 6.56 Å². The van der Waals surface area contributed by atoms with Gasteiger partial charge in [-0.25, -0.2) is 0 Å². The van der Waals surface area contributed by atoms with E-state index in [1.165, 1.54) is 52.8 Å². The van der Waals surface area contributed by atoms with Gasteiger partial charge in [0, 0.05) is 0 Å². The molecule has 0 aromatic heterocycles. The molecule has 4 aromatic carbocycles. The van der Waals surface area contributed by atoms with E-state index < -0.39 is 20.3 Å². The van der Waals surface area contributed by atoms with E-state index in [0.29, 0.717) is 11.8 Å². The van der Waals surface area contributed by atoms with Gasteiger partial charge in [-0.2, -0.15) is 0 Å². The van der Waals surface area contributed by atoms with Gasteiger partial charge >= 0.3 is 214 Å². The Morgan fingerprint density at radius 2 is 0.919 bits per heavy atom. The van der Waals surface area contributed by atoms with E-state index >= 15 is 0 Å². The minimum absolute atomic E-state index is 0. The summed E-state index contributed by atoms with van der Waals surface area (Å²) in [6.45, 7) is 4.96. The number of benzene rings is 4. The first kappa shape index (κ1) is 26.4.